The first-order valence-corrected chi connectivity index (χ1v) is 7.35. The predicted octanol–water partition coefficient (Wildman–Crippen LogP) is 1.44. The Morgan fingerprint density at radius 2 is 2.05 bits per heavy atom. The number of hydrogen-bond acceptors (Lipinski definition) is 3. The molecule has 1 aromatic carbocycles. The lowest BCUT2D eigenvalue weighted by Crippen LogP contribution is -2.30. The van der Waals surface area contributed by atoms with Crippen LogP contribution in [0.15, 0.2) is 24.3 Å². The zero-order valence-corrected chi connectivity index (χ0v) is 12.0. The molecular weight excluding hydrogens is 268 g/mol. The quantitative estimate of drug-likeness (QED) is 0.572. The van der Waals surface area contributed by atoms with Gasteiger partial charge in [-0.3, -0.25) is 4.79 Å². The van der Waals surface area contributed by atoms with Gasteiger partial charge < -0.3 is 21.7 Å². The van der Waals surface area contributed by atoms with Crippen molar-refractivity contribution in [3.05, 3.63) is 29.8 Å². The third-order valence-corrected chi connectivity index (χ3v) is 3.21. The van der Waals surface area contributed by atoms with Crippen molar-refractivity contribution in [1.29, 1.82) is 0 Å². The molecule has 0 spiro atoms. The van der Waals surface area contributed by atoms with Crippen molar-refractivity contribution in [3.8, 4) is 0 Å². The Balaban J connectivity index is 1.84. The van der Waals surface area contributed by atoms with Crippen LogP contribution in [0.3, 0.4) is 0 Å². The molecule has 0 aromatic heterocycles. The van der Waals surface area contributed by atoms with Crippen LogP contribution >= 0.6 is 0 Å². The number of carbonyl (C=O) groups is 2. The molecule has 2 rings (SSSR count). The second kappa shape index (κ2) is 7.64. The minimum absolute atomic E-state index is 0.140. The molecule has 6 heteroatoms. The number of nitrogens with two attached hydrogens (primary N) is 1. The highest BCUT2D eigenvalue weighted by Gasteiger charge is 2.23. The molecule has 0 radical (unpaired) electrons. The van der Waals surface area contributed by atoms with Gasteiger partial charge in [0.2, 0.25) is 0 Å². The summed E-state index contributed by atoms with van der Waals surface area (Å²) in [5.74, 6) is -0.140. The van der Waals surface area contributed by atoms with Crippen LogP contribution in [0, 0.1) is 0 Å². The molecule has 1 saturated carbocycles. The molecule has 0 saturated heterocycles. The largest absolute Gasteiger partial charge is 0.352 e. The van der Waals surface area contributed by atoms with Gasteiger partial charge in [-0.2, -0.15) is 0 Å². The molecule has 1 aliphatic carbocycles. The second-order valence-corrected chi connectivity index (χ2v) is 5.21. The average molecular weight is 290 g/mol. The first-order chi connectivity index (χ1) is 10.2. The van der Waals surface area contributed by atoms with E-state index in [2.05, 4.69) is 16.0 Å². The summed E-state index contributed by atoms with van der Waals surface area (Å²) >= 11 is 0. The number of anilines is 1. The number of nitrogens with one attached hydrogen (secondary N) is 3. The van der Waals surface area contributed by atoms with Crippen molar-refractivity contribution in [3.63, 3.8) is 0 Å². The molecule has 6 nitrogen and oxygen atoms in total. The number of hydrogen-bond donors (Lipinski definition) is 4. The molecule has 1 fully saturated rings. The van der Waals surface area contributed by atoms with Crippen LogP contribution in [-0.4, -0.2) is 31.1 Å². The maximum absolute atomic E-state index is 12.0. The van der Waals surface area contributed by atoms with Crippen molar-refractivity contribution in [2.45, 2.75) is 31.7 Å². The lowest BCUT2D eigenvalue weighted by molar-refractivity contribution is 0.0953. The van der Waals surface area contributed by atoms with Gasteiger partial charge in [0.05, 0.1) is 0 Å². The zero-order chi connectivity index (χ0) is 15.1. The molecule has 0 heterocycles. The van der Waals surface area contributed by atoms with E-state index in [0.717, 1.165) is 25.7 Å². The molecule has 0 atom stereocenters. The molecule has 1 aromatic rings. The van der Waals surface area contributed by atoms with Crippen LogP contribution in [0.5, 0.6) is 0 Å². The van der Waals surface area contributed by atoms with Crippen LogP contribution in [0.25, 0.3) is 0 Å². The summed E-state index contributed by atoms with van der Waals surface area (Å²) in [7, 11) is 0. The third-order valence-electron chi connectivity index (χ3n) is 3.21. The summed E-state index contributed by atoms with van der Waals surface area (Å²) < 4.78 is 0. The SMILES string of the molecule is NCCCCNC(=O)c1cccc(NC(=O)NC2CC2)c1. The van der Waals surface area contributed by atoms with Gasteiger partial charge in [0.1, 0.15) is 0 Å². The minimum atomic E-state index is -0.224. The fourth-order valence-electron chi connectivity index (χ4n) is 1.89. The van der Waals surface area contributed by atoms with Crippen LogP contribution in [0.4, 0.5) is 10.5 Å². The average Bonchev–Trinajstić information content (AvgIpc) is 3.27. The number of rotatable bonds is 7. The second-order valence-electron chi connectivity index (χ2n) is 5.21. The summed E-state index contributed by atoms with van der Waals surface area (Å²) in [6.45, 7) is 1.24. The number of amides is 3. The Bertz CT molecular complexity index is 500. The highest BCUT2D eigenvalue weighted by Crippen LogP contribution is 2.19. The Labute approximate surface area is 124 Å². The minimum Gasteiger partial charge on any atom is -0.352 e. The van der Waals surface area contributed by atoms with E-state index in [1.54, 1.807) is 24.3 Å². The van der Waals surface area contributed by atoms with Crippen LogP contribution in [0.1, 0.15) is 36.0 Å². The summed E-state index contributed by atoms with van der Waals surface area (Å²) in [6.07, 6.45) is 3.84. The van der Waals surface area contributed by atoms with E-state index >= 15 is 0 Å². The Morgan fingerprint density at radius 3 is 2.76 bits per heavy atom. The Kier molecular flexibility index (Phi) is 5.57. The summed E-state index contributed by atoms with van der Waals surface area (Å²) in [5.41, 5.74) is 6.55. The summed E-state index contributed by atoms with van der Waals surface area (Å²) in [6, 6.07) is 6.99. The fraction of sp³-hybridized carbons (Fsp3) is 0.467. The van der Waals surface area contributed by atoms with Crippen molar-refractivity contribution in [1.82, 2.24) is 10.6 Å². The number of urea groups is 1. The molecule has 0 aliphatic heterocycles. The molecule has 1 aliphatic rings. The number of benzene rings is 1. The molecule has 0 bridgehead atoms. The Morgan fingerprint density at radius 1 is 1.24 bits per heavy atom. The third kappa shape index (κ3) is 5.43. The van der Waals surface area contributed by atoms with E-state index < -0.39 is 0 Å². The van der Waals surface area contributed by atoms with Gasteiger partial charge in [-0.15, -0.1) is 0 Å². The maximum Gasteiger partial charge on any atom is 0.319 e. The van der Waals surface area contributed by atoms with Gasteiger partial charge in [0.15, 0.2) is 0 Å². The van der Waals surface area contributed by atoms with E-state index in [9.17, 15) is 9.59 Å². The van der Waals surface area contributed by atoms with Gasteiger partial charge >= 0.3 is 6.03 Å². The zero-order valence-electron chi connectivity index (χ0n) is 12.0. The van der Waals surface area contributed by atoms with Gasteiger partial charge in [-0.1, -0.05) is 6.07 Å². The smallest absolute Gasteiger partial charge is 0.319 e. The van der Waals surface area contributed by atoms with Crippen LogP contribution in [0.2, 0.25) is 0 Å². The predicted molar refractivity (Wildman–Crippen MR) is 82.2 cm³/mol. The van der Waals surface area contributed by atoms with Crippen LogP contribution < -0.4 is 21.7 Å². The lowest BCUT2D eigenvalue weighted by Gasteiger charge is -2.09. The van der Waals surface area contributed by atoms with Crippen LogP contribution in [-0.2, 0) is 0 Å². The van der Waals surface area contributed by atoms with Crippen molar-refractivity contribution >= 4 is 17.6 Å². The van der Waals surface area contributed by atoms with E-state index in [4.69, 9.17) is 5.73 Å². The van der Waals surface area contributed by atoms with Crippen molar-refractivity contribution in [2.24, 2.45) is 5.73 Å². The maximum atomic E-state index is 12.0. The topological polar surface area (TPSA) is 96.2 Å². The molecule has 0 unspecified atom stereocenters. The fourth-order valence-corrected chi connectivity index (χ4v) is 1.89. The van der Waals surface area contributed by atoms with Gasteiger partial charge in [-0.25, -0.2) is 4.79 Å². The van der Waals surface area contributed by atoms with E-state index in [0.29, 0.717) is 30.4 Å². The summed E-state index contributed by atoms with van der Waals surface area (Å²) in [5, 5.41) is 8.41. The molecule has 21 heavy (non-hydrogen) atoms. The summed E-state index contributed by atoms with van der Waals surface area (Å²) in [4.78, 5) is 23.6. The van der Waals surface area contributed by atoms with Gasteiger partial charge in [-0.05, 0) is 50.4 Å². The molecular formula is C15H22N4O2. The highest BCUT2D eigenvalue weighted by molar-refractivity contribution is 5.96. The first-order valence-electron chi connectivity index (χ1n) is 7.35. The normalized spacial score (nSPS) is 13.6. The van der Waals surface area contributed by atoms with Crippen molar-refractivity contribution in [2.75, 3.05) is 18.4 Å². The molecule has 3 amide bonds. The molecule has 5 N–H and O–H groups in total. The van der Waals surface area contributed by atoms with E-state index in [-0.39, 0.29) is 11.9 Å². The standard InChI is InChI=1S/C15H22N4O2/c16-8-1-2-9-17-14(20)11-4-3-5-13(10-11)19-15(21)18-12-6-7-12/h3-5,10,12H,1-2,6-9,16H2,(H,17,20)(H2,18,19,21). The van der Waals surface area contributed by atoms with E-state index in [1.165, 1.54) is 0 Å². The number of unbranched alkanes of at least 4 members (excludes halogenated alkanes) is 1. The van der Waals surface area contributed by atoms with Gasteiger partial charge in [0, 0.05) is 23.8 Å². The van der Waals surface area contributed by atoms with Crippen molar-refractivity contribution < 1.29 is 9.59 Å². The molecule has 114 valence electrons. The lowest BCUT2D eigenvalue weighted by atomic mass is 10.2. The van der Waals surface area contributed by atoms with E-state index in [1.807, 2.05) is 0 Å². The first kappa shape index (κ1) is 15.3. The Hall–Kier alpha value is -2.08. The highest BCUT2D eigenvalue weighted by atomic mass is 16.2. The van der Waals surface area contributed by atoms with Gasteiger partial charge in [0.25, 0.3) is 5.91 Å². The monoisotopic (exact) mass is 290 g/mol. The number of carbonyl (C=O) groups excluding carboxylic acids is 2.